The highest BCUT2D eigenvalue weighted by molar-refractivity contribution is 7.17. The number of nitrogens with zero attached hydrogens (tertiary/aromatic N) is 2. The molecule has 5 heteroatoms. The third-order valence-electron chi connectivity index (χ3n) is 2.40. The molecule has 0 radical (unpaired) electrons. The average molecular weight is 262 g/mol. The quantitative estimate of drug-likeness (QED) is 0.919. The predicted molar refractivity (Wildman–Crippen MR) is 70.8 cm³/mol. The third kappa shape index (κ3) is 2.73. The molecule has 0 fully saturated rings. The number of hydrogen-bond donors (Lipinski definition) is 1. The minimum atomic E-state index is -0.904. The van der Waals surface area contributed by atoms with Crippen LogP contribution in [0.3, 0.4) is 0 Å². The number of pyridine rings is 1. The van der Waals surface area contributed by atoms with Crippen LogP contribution < -0.4 is 0 Å². The average Bonchev–Trinajstić information content (AvgIpc) is 2.73. The van der Waals surface area contributed by atoms with Gasteiger partial charge >= 0.3 is 5.97 Å². The highest BCUT2D eigenvalue weighted by Crippen LogP contribution is 2.28. The molecule has 0 aliphatic carbocycles. The Kier molecular flexibility index (Phi) is 3.72. The molecule has 0 atom stereocenters. The van der Waals surface area contributed by atoms with Crippen LogP contribution in [0, 0.1) is 5.92 Å². The summed E-state index contributed by atoms with van der Waals surface area (Å²) in [4.78, 5) is 20.0. The number of aromatic nitrogens is 2. The Morgan fingerprint density at radius 1 is 1.50 bits per heavy atom. The summed E-state index contributed by atoms with van der Waals surface area (Å²) in [6, 6.07) is 3.70. The molecule has 2 rings (SSSR count). The van der Waals surface area contributed by atoms with E-state index in [0.717, 1.165) is 10.6 Å². The maximum atomic E-state index is 11.2. The predicted octanol–water partition coefficient (Wildman–Crippen LogP) is 3.10. The summed E-state index contributed by atoms with van der Waals surface area (Å²) in [6.45, 7) is 4.10. The van der Waals surface area contributed by atoms with Gasteiger partial charge in [0.15, 0.2) is 0 Å². The lowest BCUT2D eigenvalue weighted by Gasteiger charge is -2.01. The first-order chi connectivity index (χ1) is 8.58. The highest BCUT2D eigenvalue weighted by atomic mass is 32.1. The molecule has 94 valence electrons. The van der Waals surface area contributed by atoms with Gasteiger partial charge in [0, 0.05) is 18.0 Å². The van der Waals surface area contributed by atoms with E-state index in [1.807, 2.05) is 12.1 Å². The zero-order valence-electron chi connectivity index (χ0n) is 10.3. The van der Waals surface area contributed by atoms with Crippen molar-refractivity contribution in [3.05, 3.63) is 35.1 Å². The zero-order valence-corrected chi connectivity index (χ0v) is 11.1. The summed E-state index contributed by atoms with van der Waals surface area (Å²) >= 11 is 1.21. The smallest absolute Gasteiger partial charge is 0.347 e. The minimum absolute atomic E-state index is 0.336. The second kappa shape index (κ2) is 5.27. The SMILES string of the molecule is CC(C)Cc1nc(-c2cccnc2)sc1C(=O)O. The van der Waals surface area contributed by atoms with E-state index >= 15 is 0 Å². The number of rotatable bonds is 4. The van der Waals surface area contributed by atoms with Crippen molar-refractivity contribution in [1.82, 2.24) is 9.97 Å². The van der Waals surface area contributed by atoms with Gasteiger partial charge in [0.05, 0.1) is 5.69 Å². The van der Waals surface area contributed by atoms with E-state index in [1.54, 1.807) is 12.4 Å². The number of thiazole rings is 1. The van der Waals surface area contributed by atoms with Crippen LogP contribution in [0.25, 0.3) is 10.6 Å². The lowest BCUT2D eigenvalue weighted by atomic mass is 10.1. The van der Waals surface area contributed by atoms with Gasteiger partial charge in [-0.2, -0.15) is 0 Å². The summed E-state index contributed by atoms with van der Waals surface area (Å²) < 4.78 is 0. The molecule has 0 bridgehead atoms. The van der Waals surface area contributed by atoms with Crippen molar-refractivity contribution in [2.45, 2.75) is 20.3 Å². The Morgan fingerprint density at radius 3 is 2.83 bits per heavy atom. The normalized spacial score (nSPS) is 10.8. The van der Waals surface area contributed by atoms with Crippen molar-refractivity contribution in [3.8, 4) is 10.6 Å². The van der Waals surface area contributed by atoms with Gasteiger partial charge in [-0.05, 0) is 24.5 Å². The molecule has 18 heavy (non-hydrogen) atoms. The Bertz CT molecular complexity index is 549. The number of carboxylic acids is 1. The Morgan fingerprint density at radius 2 is 2.28 bits per heavy atom. The molecule has 2 heterocycles. The molecule has 1 N–H and O–H groups in total. The maximum absolute atomic E-state index is 11.2. The molecule has 0 aliphatic heterocycles. The first-order valence-electron chi connectivity index (χ1n) is 5.71. The van der Waals surface area contributed by atoms with Crippen LogP contribution in [0.1, 0.15) is 29.2 Å². The molecule has 0 amide bonds. The van der Waals surface area contributed by atoms with Crippen molar-refractivity contribution < 1.29 is 9.90 Å². The van der Waals surface area contributed by atoms with Crippen LogP contribution in [0.5, 0.6) is 0 Å². The van der Waals surface area contributed by atoms with E-state index < -0.39 is 5.97 Å². The van der Waals surface area contributed by atoms with Crippen molar-refractivity contribution >= 4 is 17.3 Å². The molecule has 0 aromatic carbocycles. The second-order valence-corrected chi connectivity index (χ2v) is 5.44. The fraction of sp³-hybridized carbons (Fsp3) is 0.308. The Labute approximate surface area is 109 Å². The number of carboxylic acid groups (broad SMARTS) is 1. The maximum Gasteiger partial charge on any atom is 0.347 e. The van der Waals surface area contributed by atoms with E-state index in [9.17, 15) is 9.90 Å². The molecular formula is C13H14N2O2S. The molecule has 0 unspecified atom stereocenters. The molecule has 2 aromatic heterocycles. The first kappa shape index (κ1) is 12.7. The van der Waals surface area contributed by atoms with Gasteiger partial charge in [0.2, 0.25) is 0 Å². The van der Waals surface area contributed by atoms with Gasteiger partial charge in [-0.1, -0.05) is 13.8 Å². The molecule has 2 aromatic rings. The standard InChI is InChI=1S/C13H14N2O2S/c1-8(2)6-10-11(13(16)17)18-12(15-10)9-4-3-5-14-7-9/h3-5,7-8H,6H2,1-2H3,(H,16,17). The topological polar surface area (TPSA) is 63.1 Å². The van der Waals surface area contributed by atoms with Crippen molar-refractivity contribution in [2.24, 2.45) is 5.92 Å². The summed E-state index contributed by atoms with van der Waals surface area (Å²) in [5.41, 5.74) is 1.53. The lowest BCUT2D eigenvalue weighted by Crippen LogP contribution is -2.02. The third-order valence-corrected chi connectivity index (χ3v) is 3.54. The fourth-order valence-electron chi connectivity index (χ4n) is 1.66. The van der Waals surface area contributed by atoms with Gasteiger partial charge in [0.1, 0.15) is 9.88 Å². The van der Waals surface area contributed by atoms with E-state index in [4.69, 9.17) is 0 Å². The number of hydrogen-bond acceptors (Lipinski definition) is 4. The Hall–Kier alpha value is -1.75. The number of aromatic carboxylic acids is 1. The van der Waals surface area contributed by atoms with Gasteiger partial charge < -0.3 is 5.11 Å². The number of carbonyl (C=O) groups is 1. The van der Waals surface area contributed by atoms with Gasteiger partial charge in [-0.15, -0.1) is 11.3 Å². The highest BCUT2D eigenvalue weighted by Gasteiger charge is 2.18. The summed E-state index contributed by atoms with van der Waals surface area (Å²) in [6.07, 6.45) is 4.06. The van der Waals surface area contributed by atoms with Crippen LogP contribution in [0.15, 0.2) is 24.5 Å². The van der Waals surface area contributed by atoms with Crippen molar-refractivity contribution in [2.75, 3.05) is 0 Å². The monoisotopic (exact) mass is 262 g/mol. The van der Waals surface area contributed by atoms with Gasteiger partial charge in [0.25, 0.3) is 0 Å². The van der Waals surface area contributed by atoms with Gasteiger partial charge in [-0.25, -0.2) is 9.78 Å². The lowest BCUT2D eigenvalue weighted by molar-refractivity contribution is 0.0700. The summed E-state index contributed by atoms with van der Waals surface area (Å²) in [5, 5.41) is 9.91. The molecule has 4 nitrogen and oxygen atoms in total. The molecule has 0 spiro atoms. The largest absolute Gasteiger partial charge is 0.477 e. The summed E-state index contributed by atoms with van der Waals surface area (Å²) in [7, 11) is 0. The van der Waals surface area contributed by atoms with Crippen LogP contribution in [0.4, 0.5) is 0 Å². The fourth-order valence-corrected chi connectivity index (χ4v) is 2.58. The van der Waals surface area contributed by atoms with Crippen LogP contribution in [-0.2, 0) is 6.42 Å². The van der Waals surface area contributed by atoms with E-state index in [-0.39, 0.29) is 0 Å². The molecule has 0 aliphatic rings. The van der Waals surface area contributed by atoms with Crippen molar-refractivity contribution in [3.63, 3.8) is 0 Å². The Balaban J connectivity index is 2.42. The van der Waals surface area contributed by atoms with Crippen LogP contribution >= 0.6 is 11.3 Å². The summed E-state index contributed by atoms with van der Waals surface area (Å²) in [5.74, 6) is -0.523. The molecular weight excluding hydrogens is 248 g/mol. The first-order valence-corrected chi connectivity index (χ1v) is 6.53. The molecule has 0 saturated carbocycles. The van der Waals surface area contributed by atoms with E-state index in [0.29, 0.717) is 22.9 Å². The van der Waals surface area contributed by atoms with E-state index in [1.165, 1.54) is 11.3 Å². The van der Waals surface area contributed by atoms with Crippen LogP contribution in [0.2, 0.25) is 0 Å². The minimum Gasteiger partial charge on any atom is -0.477 e. The van der Waals surface area contributed by atoms with E-state index in [2.05, 4.69) is 23.8 Å². The second-order valence-electron chi connectivity index (χ2n) is 4.44. The van der Waals surface area contributed by atoms with Crippen LogP contribution in [-0.4, -0.2) is 21.0 Å². The molecule has 0 saturated heterocycles. The van der Waals surface area contributed by atoms with Crippen molar-refractivity contribution in [1.29, 1.82) is 0 Å². The van der Waals surface area contributed by atoms with Gasteiger partial charge in [-0.3, -0.25) is 4.98 Å². The zero-order chi connectivity index (χ0) is 13.1.